The van der Waals surface area contributed by atoms with E-state index in [0.29, 0.717) is 12.5 Å². The maximum atomic E-state index is 13.9. The smallest absolute Gasteiger partial charge is 0.220 e. The normalized spacial score (nSPS) is 13.5. The van der Waals surface area contributed by atoms with E-state index in [2.05, 4.69) is 22.4 Å². The predicted octanol–water partition coefficient (Wildman–Crippen LogP) is 4.39. The van der Waals surface area contributed by atoms with E-state index in [0.717, 1.165) is 39.9 Å². The number of likely N-dealkylation sites (N-methyl/N-ethyl adjacent to an activating group) is 1. The molecule has 0 radical (unpaired) electrons. The molecule has 0 unspecified atom stereocenters. The number of hydrogen-bond donors (Lipinski definition) is 1. The molecule has 0 amide bonds. The molecule has 4 heteroatoms. The van der Waals surface area contributed by atoms with Gasteiger partial charge in [0.25, 0.3) is 0 Å². The van der Waals surface area contributed by atoms with Gasteiger partial charge in [0.2, 0.25) is 5.88 Å². The molecule has 1 heterocycles. The first-order chi connectivity index (χ1) is 12.8. The maximum Gasteiger partial charge on any atom is 0.220 e. The highest BCUT2D eigenvalue weighted by atomic mass is 19.1. The van der Waals surface area contributed by atoms with Crippen LogP contribution in [0.15, 0.2) is 60.8 Å². The zero-order chi connectivity index (χ0) is 17.9. The number of fused-ring (bicyclic) bond motifs is 3. The van der Waals surface area contributed by atoms with Crippen LogP contribution in [0.2, 0.25) is 0 Å². The lowest BCUT2D eigenvalue weighted by Gasteiger charge is -2.09. The fourth-order valence-electron chi connectivity index (χ4n) is 3.27. The molecule has 1 aromatic heterocycles. The van der Waals surface area contributed by atoms with E-state index in [1.165, 1.54) is 6.07 Å². The Bertz CT molecular complexity index is 981. The Labute approximate surface area is 152 Å². The highest BCUT2D eigenvalue weighted by molar-refractivity contribution is 6.06. The minimum absolute atomic E-state index is 0.237. The third kappa shape index (κ3) is 3.00. The van der Waals surface area contributed by atoms with Gasteiger partial charge in [-0.05, 0) is 65.2 Å². The summed E-state index contributed by atoms with van der Waals surface area (Å²) in [6, 6.07) is 16.9. The molecule has 3 aromatic rings. The molecule has 0 spiro atoms. The zero-order valence-electron chi connectivity index (χ0n) is 14.5. The highest BCUT2D eigenvalue weighted by Gasteiger charge is 2.23. The first-order valence-corrected chi connectivity index (χ1v) is 8.62. The van der Waals surface area contributed by atoms with Crippen LogP contribution in [0.3, 0.4) is 0 Å². The highest BCUT2D eigenvalue weighted by Crippen LogP contribution is 2.45. The van der Waals surface area contributed by atoms with Crippen molar-refractivity contribution in [3.8, 4) is 17.0 Å². The van der Waals surface area contributed by atoms with Crippen molar-refractivity contribution in [1.29, 1.82) is 0 Å². The van der Waals surface area contributed by atoms with Gasteiger partial charge in [-0.2, -0.15) is 0 Å². The Morgan fingerprint density at radius 2 is 1.81 bits per heavy atom. The van der Waals surface area contributed by atoms with Crippen molar-refractivity contribution >= 4 is 11.6 Å². The summed E-state index contributed by atoms with van der Waals surface area (Å²) in [6.07, 6.45) is 3.75. The number of hydrogen-bond acceptors (Lipinski definition) is 3. The topological polar surface area (TPSA) is 34.1 Å². The molecule has 26 heavy (non-hydrogen) atoms. The summed E-state index contributed by atoms with van der Waals surface area (Å²) in [5.74, 6) is 0.344. The van der Waals surface area contributed by atoms with E-state index in [1.54, 1.807) is 12.3 Å². The van der Waals surface area contributed by atoms with Crippen molar-refractivity contribution < 1.29 is 9.13 Å². The van der Waals surface area contributed by atoms with Gasteiger partial charge in [-0.25, -0.2) is 9.37 Å². The van der Waals surface area contributed by atoms with E-state index < -0.39 is 0 Å². The standard InChI is InChI=1S/C22H19FN2O/c1-24-11-12-26-22-15(5-4-10-25-22)13-20-18-7-3-2-6-17(18)19-9-8-16(23)14-21(19)20/h2-10,13-14,24H,11-12H2,1H3. The van der Waals surface area contributed by atoms with Crippen molar-refractivity contribution in [3.63, 3.8) is 0 Å². The number of aromatic nitrogens is 1. The first-order valence-electron chi connectivity index (χ1n) is 8.62. The second-order valence-electron chi connectivity index (χ2n) is 6.14. The van der Waals surface area contributed by atoms with Crippen molar-refractivity contribution in [1.82, 2.24) is 10.3 Å². The molecular weight excluding hydrogens is 327 g/mol. The minimum atomic E-state index is -0.237. The summed E-state index contributed by atoms with van der Waals surface area (Å²) in [6.45, 7) is 1.27. The number of nitrogens with one attached hydrogen (secondary N) is 1. The Hall–Kier alpha value is -2.98. The fraction of sp³-hybridized carbons (Fsp3) is 0.136. The number of pyridine rings is 1. The van der Waals surface area contributed by atoms with Crippen LogP contribution in [0.1, 0.15) is 16.7 Å². The Morgan fingerprint density at radius 3 is 2.65 bits per heavy atom. The number of nitrogens with zero attached hydrogens (tertiary/aromatic N) is 1. The Kier molecular flexibility index (Phi) is 4.50. The van der Waals surface area contributed by atoms with Crippen molar-refractivity contribution in [2.45, 2.75) is 0 Å². The SMILES string of the molecule is CNCCOc1ncccc1C=C1c2ccccc2-c2ccc(F)cc21. The molecule has 0 aliphatic heterocycles. The van der Waals surface area contributed by atoms with Crippen molar-refractivity contribution in [3.05, 3.63) is 83.3 Å². The average Bonchev–Trinajstić information content (AvgIpc) is 2.96. The second kappa shape index (κ2) is 7.10. The summed E-state index contributed by atoms with van der Waals surface area (Å²) in [4.78, 5) is 4.35. The quantitative estimate of drug-likeness (QED) is 0.544. The van der Waals surface area contributed by atoms with E-state index in [-0.39, 0.29) is 5.82 Å². The van der Waals surface area contributed by atoms with Gasteiger partial charge < -0.3 is 10.1 Å². The lowest BCUT2D eigenvalue weighted by molar-refractivity contribution is 0.306. The van der Waals surface area contributed by atoms with Gasteiger partial charge in [-0.3, -0.25) is 0 Å². The molecule has 0 atom stereocenters. The predicted molar refractivity (Wildman–Crippen MR) is 102 cm³/mol. The van der Waals surface area contributed by atoms with Crippen LogP contribution in [-0.4, -0.2) is 25.2 Å². The number of ether oxygens (including phenoxy) is 1. The Morgan fingerprint density at radius 1 is 1.00 bits per heavy atom. The van der Waals surface area contributed by atoms with Crippen LogP contribution in [0.25, 0.3) is 22.8 Å². The zero-order valence-corrected chi connectivity index (χ0v) is 14.5. The molecule has 0 fully saturated rings. The van der Waals surface area contributed by atoms with Crippen molar-refractivity contribution in [2.75, 3.05) is 20.2 Å². The van der Waals surface area contributed by atoms with E-state index >= 15 is 0 Å². The van der Waals surface area contributed by atoms with Gasteiger partial charge in [0.05, 0.1) is 0 Å². The van der Waals surface area contributed by atoms with E-state index in [1.807, 2.05) is 43.5 Å². The van der Waals surface area contributed by atoms with Crippen LogP contribution in [0.5, 0.6) is 5.88 Å². The molecule has 3 nitrogen and oxygen atoms in total. The molecule has 1 N–H and O–H groups in total. The number of rotatable bonds is 5. The average molecular weight is 346 g/mol. The fourth-order valence-corrected chi connectivity index (χ4v) is 3.27. The van der Waals surface area contributed by atoms with Crippen LogP contribution >= 0.6 is 0 Å². The van der Waals surface area contributed by atoms with Gasteiger partial charge in [-0.15, -0.1) is 0 Å². The molecule has 1 aliphatic rings. The number of halogens is 1. The van der Waals surface area contributed by atoms with Crippen molar-refractivity contribution in [2.24, 2.45) is 0 Å². The third-order valence-corrected chi connectivity index (χ3v) is 4.47. The van der Waals surface area contributed by atoms with E-state index in [4.69, 9.17) is 4.74 Å². The molecule has 130 valence electrons. The summed E-state index contributed by atoms with van der Waals surface area (Å²) < 4.78 is 19.7. The van der Waals surface area contributed by atoms with Crippen LogP contribution in [0, 0.1) is 5.82 Å². The summed E-state index contributed by atoms with van der Waals surface area (Å²) in [5.41, 5.74) is 6.03. The van der Waals surface area contributed by atoms with Gasteiger partial charge in [0, 0.05) is 18.3 Å². The lowest BCUT2D eigenvalue weighted by atomic mass is 10.0. The van der Waals surface area contributed by atoms with Crippen LogP contribution < -0.4 is 10.1 Å². The minimum Gasteiger partial charge on any atom is -0.476 e. The molecule has 0 saturated carbocycles. The summed E-state index contributed by atoms with van der Waals surface area (Å²) >= 11 is 0. The van der Waals surface area contributed by atoms with E-state index in [9.17, 15) is 4.39 Å². The summed E-state index contributed by atoms with van der Waals surface area (Å²) in [7, 11) is 1.88. The molecular formula is C22H19FN2O. The third-order valence-electron chi connectivity index (χ3n) is 4.47. The summed E-state index contributed by atoms with van der Waals surface area (Å²) in [5, 5.41) is 3.05. The molecule has 4 rings (SSSR count). The second-order valence-corrected chi connectivity index (χ2v) is 6.14. The van der Waals surface area contributed by atoms with Gasteiger partial charge in [-0.1, -0.05) is 30.3 Å². The maximum absolute atomic E-state index is 13.9. The lowest BCUT2D eigenvalue weighted by Crippen LogP contribution is -2.16. The number of benzene rings is 2. The molecule has 2 aromatic carbocycles. The van der Waals surface area contributed by atoms with Gasteiger partial charge in [0.15, 0.2) is 0 Å². The van der Waals surface area contributed by atoms with Gasteiger partial charge in [0.1, 0.15) is 12.4 Å². The molecule has 0 saturated heterocycles. The molecule has 0 bridgehead atoms. The monoisotopic (exact) mass is 346 g/mol. The van der Waals surface area contributed by atoms with Crippen LogP contribution in [-0.2, 0) is 0 Å². The Balaban J connectivity index is 1.82. The first kappa shape index (κ1) is 16.5. The van der Waals surface area contributed by atoms with Gasteiger partial charge >= 0.3 is 0 Å². The van der Waals surface area contributed by atoms with Crippen LogP contribution in [0.4, 0.5) is 4.39 Å². The largest absolute Gasteiger partial charge is 0.476 e. The molecule has 1 aliphatic carbocycles.